The van der Waals surface area contributed by atoms with Crippen molar-refractivity contribution in [3.05, 3.63) is 57.3 Å². The zero-order chi connectivity index (χ0) is 19.6. The fourth-order valence-electron chi connectivity index (χ4n) is 3.15. The first kappa shape index (κ1) is 18.3. The zero-order valence-electron chi connectivity index (χ0n) is 15.5. The minimum Gasteiger partial charge on any atom is -0.349 e. The minimum absolute atomic E-state index is 0.0226. The lowest BCUT2D eigenvalue weighted by Gasteiger charge is -2.07. The fourth-order valence-corrected chi connectivity index (χ4v) is 3.15. The lowest BCUT2D eigenvalue weighted by Crippen LogP contribution is -2.13. The molecule has 7 heteroatoms. The number of aryl methyl sites for hydroxylation is 1. The third kappa shape index (κ3) is 3.70. The number of carbonyl (C=O) groups is 1. The molecule has 2 heterocycles. The highest BCUT2D eigenvalue weighted by molar-refractivity contribution is 6.10. The van der Waals surface area contributed by atoms with Crippen LogP contribution in [0.1, 0.15) is 30.3 Å². The van der Waals surface area contributed by atoms with Gasteiger partial charge in [0, 0.05) is 23.6 Å². The van der Waals surface area contributed by atoms with Crippen molar-refractivity contribution in [1.82, 2.24) is 14.5 Å². The van der Waals surface area contributed by atoms with Gasteiger partial charge in [0.25, 0.3) is 5.91 Å². The van der Waals surface area contributed by atoms with Crippen molar-refractivity contribution < 1.29 is 4.79 Å². The van der Waals surface area contributed by atoms with Crippen LogP contribution in [0.4, 0.5) is 5.69 Å². The number of imidazole rings is 1. The van der Waals surface area contributed by atoms with Crippen molar-refractivity contribution in [3.63, 3.8) is 0 Å². The summed E-state index contributed by atoms with van der Waals surface area (Å²) in [7, 11) is 0. The molecule has 3 aromatic rings. The van der Waals surface area contributed by atoms with Gasteiger partial charge in [0.1, 0.15) is 11.6 Å². The maximum atomic E-state index is 12.5. The van der Waals surface area contributed by atoms with E-state index in [1.807, 2.05) is 26.0 Å². The zero-order valence-corrected chi connectivity index (χ0v) is 15.5. The van der Waals surface area contributed by atoms with E-state index in [1.54, 1.807) is 24.3 Å². The maximum absolute atomic E-state index is 12.5. The molecule has 0 atom stereocenters. The molecular weight excluding hydrogens is 342 g/mol. The topological polar surface area (TPSA) is 106 Å². The molecule has 0 saturated carbocycles. The third-order valence-electron chi connectivity index (χ3n) is 4.50. The Balaban J connectivity index is 1.87. The third-order valence-corrected chi connectivity index (χ3v) is 4.50. The van der Waals surface area contributed by atoms with Crippen LogP contribution >= 0.6 is 0 Å². The Morgan fingerprint density at radius 1 is 1.26 bits per heavy atom. The summed E-state index contributed by atoms with van der Waals surface area (Å²) in [5, 5.41) is 12.2. The van der Waals surface area contributed by atoms with E-state index in [0.717, 1.165) is 29.9 Å². The first-order valence-corrected chi connectivity index (χ1v) is 8.75. The molecule has 1 amide bonds. The molecule has 138 valence electrons. The summed E-state index contributed by atoms with van der Waals surface area (Å²) in [6.07, 6.45) is 2.62. The second-order valence-electron chi connectivity index (χ2n) is 6.44. The molecule has 0 aliphatic rings. The van der Waals surface area contributed by atoms with Crippen LogP contribution in [-0.2, 0) is 11.3 Å². The number of aromatic nitrogens is 3. The number of nitrogens with one attached hydrogen (secondary N) is 3. The molecule has 3 N–H and O–H groups in total. The van der Waals surface area contributed by atoms with Gasteiger partial charge in [-0.3, -0.25) is 4.79 Å². The Labute approximate surface area is 156 Å². The molecule has 0 fully saturated rings. The number of aromatic amines is 2. The number of amides is 1. The van der Waals surface area contributed by atoms with Crippen LogP contribution in [-0.4, -0.2) is 20.4 Å². The summed E-state index contributed by atoms with van der Waals surface area (Å²) >= 11 is 0. The highest BCUT2D eigenvalue weighted by Gasteiger charge is 2.13. The van der Waals surface area contributed by atoms with Gasteiger partial charge in [-0.05, 0) is 56.2 Å². The number of nitrogens with zero attached hydrogens (tertiary/aromatic N) is 2. The van der Waals surface area contributed by atoms with E-state index in [0.29, 0.717) is 16.7 Å². The standard InChI is InChI=1S/C20H21N5O2/c1-4-7-25-12(2)8-14(13(25)3)9-15(11-21)19(26)22-16-5-6-17-18(10-16)24-20(27)23-17/h5-6,8-10H,4,7H2,1-3H3,(H,22,26)(H2,23,24,27)/b15-9+. The molecule has 0 spiro atoms. The van der Waals surface area contributed by atoms with Crippen LogP contribution in [0.3, 0.4) is 0 Å². The smallest absolute Gasteiger partial charge is 0.323 e. The van der Waals surface area contributed by atoms with E-state index < -0.39 is 5.91 Å². The van der Waals surface area contributed by atoms with E-state index in [9.17, 15) is 14.9 Å². The second-order valence-corrected chi connectivity index (χ2v) is 6.44. The van der Waals surface area contributed by atoms with Crippen LogP contribution in [0, 0.1) is 25.2 Å². The van der Waals surface area contributed by atoms with Gasteiger partial charge in [0.2, 0.25) is 0 Å². The Hall–Kier alpha value is -3.53. The van der Waals surface area contributed by atoms with Crippen LogP contribution in [0.15, 0.2) is 34.6 Å². The van der Waals surface area contributed by atoms with Gasteiger partial charge < -0.3 is 19.9 Å². The molecule has 3 rings (SSSR count). The Kier molecular flexibility index (Phi) is 4.99. The quantitative estimate of drug-likeness (QED) is 0.478. The van der Waals surface area contributed by atoms with E-state index in [-0.39, 0.29) is 11.3 Å². The lowest BCUT2D eigenvalue weighted by molar-refractivity contribution is -0.112. The van der Waals surface area contributed by atoms with Crippen molar-refractivity contribution in [2.24, 2.45) is 0 Å². The molecule has 7 nitrogen and oxygen atoms in total. The van der Waals surface area contributed by atoms with Gasteiger partial charge in [0.15, 0.2) is 0 Å². The predicted molar refractivity (Wildman–Crippen MR) is 105 cm³/mol. The summed E-state index contributed by atoms with van der Waals surface area (Å²) in [4.78, 5) is 29.1. The molecule has 0 aliphatic carbocycles. The first-order valence-electron chi connectivity index (χ1n) is 8.75. The van der Waals surface area contributed by atoms with Crippen LogP contribution in [0.25, 0.3) is 17.1 Å². The van der Waals surface area contributed by atoms with Gasteiger partial charge in [-0.2, -0.15) is 5.26 Å². The number of anilines is 1. The summed E-state index contributed by atoms with van der Waals surface area (Å²) in [5.74, 6) is -0.491. The van der Waals surface area contributed by atoms with Gasteiger partial charge >= 0.3 is 5.69 Å². The number of hydrogen-bond donors (Lipinski definition) is 3. The van der Waals surface area contributed by atoms with E-state index >= 15 is 0 Å². The first-order chi connectivity index (χ1) is 12.9. The number of hydrogen-bond acceptors (Lipinski definition) is 3. The lowest BCUT2D eigenvalue weighted by atomic mass is 10.1. The number of nitriles is 1. The highest BCUT2D eigenvalue weighted by Crippen LogP contribution is 2.20. The molecule has 0 bridgehead atoms. The minimum atomic E-state index is -0.491. The average Bonchev–Trinajstić information content (AvgIpc) is 3.12. The predicted octanol–water partition coefficient (Wildman–Crippen LogP) is 3.23. The van der Waals surface area contributed by atoms with Crippen LogP contribution in [0.5, 0.6) is 0 Å². The Morgan fingerprint density at radius 3 is 2.70 bits per heavy atom. The molecule has 0 aliphatic heterocycles. The summed E-state index contributed by atoms with van der Waals surface area (Å²) in [5.41, 5.74) is 4.43. The van der Waals surface area contributed by atoms with Gasteiger partial charge in [-0.1, -0.05) is 6.92 Å². The molecule has 1 aromatic carbocycles. The molecule has 2 aromatic heterocycles. The number of carbonyl (C=O) groups excluding carboxylic acids is 1. The number of fused-ring (bicyclic) bond motifs is 1. The normalized spacial score (nSPS) is 11.6. The number of benzene rings is 1. The number of H-pyrrole nitrogens is 2. The van der Waals surface area contributed by atoms with Crippen LogP contribution < -0.4 is 11.0 Å². The Morgan fingerprint density at radius 2 is 2.00 bits per heavy atom. The van der Waals surface area contributed by atoms with E-state index in [2.05, 4.69) is 26.8 Å². The van der Waals surface area contributed by atoms with Crippen molar-refractivity contribution >= 4 is 28.7 Å². The molecule has 0 saturated heterocycles. The van der Waals surface area contributed by atoms with Gasteiger partial charge in [-0.15, -0.1) is 0 Å². The van der Waals surface area contributed by atoms with Crippen LogP contribution in [0.2, 0.25) is 0 Å². The van der Waals surface area contributed by atoms with E-state index in [4.69, 9.17) is 0 Å². The monoisotopic (exact) mass is 363 g/mol. The van der Waals surface area contributed by atoms with Crippen molar-refractivity contribution in [1.29, 1.82) is 5.26 Å². The fraction of sp³-hybridized carbons (Fsp3) is 0.250. The van der Waals surface area contributed by atoms with Gasteiger partial charge in [-0.25, -0.2) is 4.79 Å². The summed E-state index contributed by atoms with van der Waals surface area (Å²) < 4.78 is 2.18. The molecule has 0 unspecified atom stereocenters. The van der Waals surface area contributed by atoms with Gasteiger partial charge in [0.05, 0.1) is 11.0 Å². The number of rotatable bonds is 5. The van der Waals surface area contributed by atoms with Crippen molar-refractivity contribution in [2.75, 3.05) is 5.32 Å². The largest absolute Gasteiger partial charge is 0.349 e. The Bertz CT molecular complexity index is 1140. The maximum Gasteiger partial charge on any atom is 0.323 e. The SMILES string of the molecule is CCCn1c(C)cc(/C=C(\C#N)C(=O)Nc2ccc3[nH]c(=O)[nH]c3c2)c1C. The average molecular weight is 363 g/mol. The van der Waals surface area contributed by atoms with E-state index in [1.165, 1.54) is 0 Å². The summed E-state index contributed by atoms with van der Waals surface area (Å²) in [6, 6.07) is 8.96. The molecule has 27 heavy (non-hydrogen) atoms. The van der Waals surface area contributed by atoms with Crippen molar-refractivity contribution in [3.8, 4) is 6.07 Å². The summed E-state index contributed by atoms with van der Waals surface area (Å²) in [6.45, 7) is 7.00. The molecular formula is C20H21N5O2. The highest BCUT2D eigenvalue weighted by atomic mass is 16.2. The molecule has 0 radical (unpaired) electrons. The van der Waals surface area contributed by atoms with Crippen molar-refractivity contribution in [2.45, 2.75) is 33.7 Å². The second kappa shape index (κ2) is 7.38.